The molecule has 0 aliphatic heterocycles. The quantitative estimate of drug-likeness (QED) is 0.939. The van der Waals surface area contributed by atoms with Crippen LogP contribution in [0.4, 0.5) is 0 Å². The molecule has 5 heteroatoms. The molecule has 20 heavy (non-hydrogen) atoms. The van der Waals surface area contributed by atoms with Gasteiger partial charge in [0.2, 0.25) is 0 Å². The molecule has 2 rings (SSSR count). The monoisotopic (exact) mass is 290 g/mol. The summed E-state index contributed by atoms with van der Waals surface area (Å²) in [5.41, 5.74) is 1.86. The van der Waals surface area contributed by atoms with E-state index >= 15 is 0 Å². The Morgan fingerprint density at radius 1 is 0.950 bits per heavy atom. The first-order valence-corrected chi connectivity index (χ1v) is 7.60. The zero-order valence-electron chi connectivity index (χ0n) is 10.9. The third kappa shape index (κ3) is 2.72. The molecule has 0 heterocycles. The van der Waals surface area contributed by atoms with Crippen LogP contribution in [-0.4, -0.2) is 24.7 Å². The number of aliphatic carboxylic acids is 1. The molecule has 0 saturated heterocycles. The van der Waals surface area contributed by atoms with Gasteiger partial charge in [0.05, 0.1) is 4.90 Å². The lowest BCUT2D eigenvalue weighted by Crippen LogP contribution is -2.26. The Morgan fingerprint density at radius 3 is 1.95 bits per heavy atom. The second-order valence-electron chi connectivity index (χ2n) is 4.42. The standard InChI is InChI=1S/C15H14O4S/c1-11(15(16)17)20(18,19)14-9-7-13(8-10-14)12-5-3-2-4-6-12/h2-11H,1H3,(H,16,17)/t11-/m0/s1. The maximum atomic E-state index is 12.0. The molecule has 0 aliphatic carbocycles. The highest BCUT2D eigenvalue weighted by Gasteiger charge is 2.29. The van der Waals surface area contributed by atoms with Crippen LogP contribution in [0.25, 0.3) is 11.1 Å². The van der Waals surface area contributed by atoms with Crippen molar-refractivity contribution in [2.45, 2.75) is 17.1 Å². The third-order valence-electron chi connectivity index (χ3n) is 3.10. The number of carbonyl (C=O) groups is 1. The fourth-order valence-corrected chi connectivity index (χ4v) is 2.99. The lowest BCUT2D eigenvalue weighted by Gasteiger charge is -2.09. The number of sulfone groups is 1. The summed E-state index contributed by atoms with van der Waals surface area (Å²) in [5, 5.41) is 7.38. The summed E-state index contributed by atoms with van der Waals surface area (Å²) in [6, 6.07) is 15.8. The number of hydrogen-bond acceptors (Lipinski definition) is 3. The van der Waals surface area contributed by atoms with Gasteiger partial charge in [-0.2, -0.15) is 0 Å². The van der Waals surface area contributed by atoms with Crippen molar-refractivity contribution in [2.75, 3.05) is 0 Å². The first-order valence-electron chi connectivity index (χ1n) is 6.05. The van der Waals surface area contributed by atoms with E-state index in [0.29, 0.717) is 0 Å². The van der Waals surface area contributed by atoms with Crippen LogP contribution >= 0.6 is 0 Å². The lowest BCUT2D eigenvalue weighted by molar-refractivity contribution is -0.136. The summed E-state index contributed by atoms with van der Waals surface area (Å²) in [5.74, 6) is -1.35. The molecule has 0 fully saturated rings. The molecule has 2 aromatic rings. The number of carboxylic acid groups (broad SMARTS) is 1. The largest absolute Gasteiger partial charge is 0.480 e. The summed E-state index contributed by atoms with van der Waals surface area (Å²) in [6.07, 6.45) is 0. The van der Waals surface area contributed by atoms with Crippen LogP contribution in [0.3, 0.4) is 0 Å². The van der Waals surface area contributed by atoms with E-state index in [2.05, 4.69) is 0 Å². The second kappa shape index (κ2) is 5.46. The van der Waals surface area contributed by atoms with Gasteiger partial charge < -0.3 is 5.11 Å². The van der Waals surface area contributed by atoms with E-state index in [0.717, 1.165) is 11.1 Å². The number of hydrogen-bond donors (Lipinski definition) is 1. The minimum absolute atomic E-state index is 0.0204. The first-order chi connectivity index (χ1) is 9.43. The van der Waals surface area contributed by atoms with Gasteiger partial charge in [-0.3, -0.25) is 4.79 Å². The van der Waals surface area contributed by atoms with Gasteiger partial charge >= 0.3 is 5.97 Å². The molecule has 0 radical (unpaired) electrons. The molecule has 0 aromatic heterocycles. The van der Waals surface area contributed by atoms with Crippen LogP contribution in [-0.2, 0) is 14.6 Å². The summed E-state index contributed by atoms with van der Waals surface area (Å²) < 4.78 is 24.1. The van der Waals surface area contributed by atoms with Crippen molar-refractivity contribution in [2.24, 2.45) is 0 Å². The summed E-state index contributed by atoms with van der Waals surface area (Å²) in [6.45, 7) is 1.17. The minimum Gasteiger partial charge on any atom is -0.480 e. The third-order valence-corrected chi connectivity index (χ3v) is 5.16. The van der Waals surface area contributed by atoms with Crippen LogP contribution in [0.2, 0.25) is 0 Å². The summed E-state index contributed by atoms with van der Waals surface area (Å²) in [7, 11) is -3.84. The van der Waals surface area contributed by atoms with Crippen molar-refractivity contribution in [3.05, 3.63) is 54.6 Å². The molecule has 0 amide bonds. The molecule has 0 bridgehead atoms. The fraction of sp³-hybridized carbons (Fsp3) is 0.133. The Morgan fingerprint density at radius 2 is 1.45 bits per heavy atom. The van der Waals surface area contributed by atoms with Crippen LogP contribution in [0.5, 0.6) is 0 Å². The average molecular weight is 290 g/mol. The zero-order valence-corrected chi connectivity index (χ0v) is 11.7. The molecule has 0 unspecified atom stereocenters. The molecule has 1 N–H and O–H groups in total. The predicted molar refractivity (Wildman–Crippen MR) is 76.2 cm³/mol. The van der Waals surface area contributed by atoms with E-state index < -0.39 is 21.1 Å². The molecule has 4 nitrogen and oxygen atoms in total. The van der Waals surface area contributed by atoms with Crippen molar-refractivity contribution in [1.29, 1.82) is 0 Å². The van der Waals surface area contributed by atoms with Gasteiger partial charge in [0, 0.05) is 0 Å². The van der Waals surface area contributed by atoms with E-state index in [4.69, 9.17) is 5.11 Å². The topological polar surface area (TPSA) is 71.4 Å². The maximum Gasteiger partial charge on any atom is 0.321 e. The van der Waals surface area contributed by atoms with Gasteiger partial charge in [0.1, 0.15) is 0 Å². The molecule has 104 valence electrons. The molecule has 1 atom stereocenters. The summed E-state index contributed by atoms with van der Waals surface area (Å²) in [4.78, 5) is 10.8. The number of carboxylic acids is 1. The Balaban J connectivity index is 2.36. The Hall–Kier alpha value is -2.14. The van der Waals surface area contributed by atoms with Gasteiger partial charge in [0.15, 0.2) is 15.1 Å². The highest BCUT2D eigenvalue weighted by molar-refractivity contribution is 7.92. The van der Waals surface area contributed by atoms with Gasteiger partial charge in [-0.05, 0) is 30.2 Å². The van der Waals surface area contributed by atoms with Crippen molar-refractivity contribution >= 4 is 15.8 Å². The van der Waals surface area contributed by atoms with E-state index in [9.17, 15) is 13.2 Å². The number of rotatable bonds is 4. The van der Waals surface area contributed by atoms with Crippen molar-refractivity contribution < 1.29 is 18.3 Å². The van der Waals surface area contributed by atoms with Gasteiger partial charge in [-0.25, -0.2) is 8.42 Å². The predicted octanol–water partition coefficient (Wildman–Crippen LogP) is 2.60. The Labute approximate surface area is 117 Å². The van der Waals surface area contributed by atoms with Crippen LogP contribution < -0.4 is 0 Å². The van der Waals surface area contributed by atoms with Crippen LogP contribution in [0, 0.1) is 0 Å². The highest BCUT2D eigenvalue weighted by Crippen LogP contribution is 2.23. The van der Waals surface area contributed by atoms with Crippen molar-refractivity contribution in [1.82, 2.24) is 0 Å². The molecule has 0 spiro atoms. The average Bonchev–Trinajstić information content (AvgIpc) is 2.47. The zero-order chi connectivity index (χ0) is 14.8. The second-order valence-corrected chi connectivity index (χ2v) is 6.68. The SMILES string of the molecule is C[C@@H](C(=O)O)S(=O)(=O)c1ccc(-c2ccccc2)cc1. The molecular formula is C15H14O4S. The van der Waals surface area contributed by atoms with Gasteiger partial charge in [-0.1, -0.05) is 42.5 Å². The van der Waals surface area contributed by atoms with Crippen molar-refractivity contribution in [3.63, 3.8) is 0 Å². The smallest absolute Gasteiger partial charge is 0.321 e. The van der Waals surface area contributed by atoms with E-state index in [1.807, 2.05) is 30.3 Å². The molecular weight excluding hydrogens is 276 g/mol. The van der Waals surface area contributed by atoms with Gasteiger partial charge in [0.25, 0.3) is 0 Å². The van der Waals surface area contributed by atoms with Crippen LogP contribution in [0.1, 0.15) is 6.92 Å². The van der Waals surface area contributed by atoms with Crippen molar-refractivity contribution in [3.8, 4) is 11.1 Å². The van der Waals surface area contributed by atoms with E-state index in [1.54, 1.807) is 12.1 Å². The maximum absolute atomic E-state index is 12.0. The number of benzene rings is 2. The van der Waals surface area contributed by atoms with E-state index in [-0.39, 0.29) is 4.90 Å². The van der Waals surface area contributed by atoms with E-state index in [1.165, 1.54) is 19.1 Å². The molecule has 0 saturated carbocycles. The molecule has 0 aliphatic rings. The Bertz CT molecular complexity index is 703. The lowest BCUT2D eigenvalue weighted by atomic mass is 10.1. The highest BCUT2D eigenvalue weighted by atomic mass is 32.2. The normalized spacial score (nSPS) is 12.8. The minimum atomic E-state index is -3.84. The first kappa shape index (κ1) is 14.3. The van der Waals surface area contributed by atoms with Gasteiger partial charge in [-0.15, -0.1) is 0 Å². The molecule has 2 aromatic carbocycles. The fourth-order valence-electron chi connectivity index (χ4n) is 1.80. The Kier molecular flexibility index (Phi) is 3.90. The van der Waals surface area contributed by atoms with Crippen LogP contribution in [0.15, 0.2) is 59.5 Å². The summed E-state index contributed by atoms with van der Waals surface area (Å²) >= 11 is 0.